The maximum Gasteiger partial charge on any atom is 0.266 e. The van der Waals surface area contributed by atoms with Crippen molar-refractivity contribution in [1.29, 1.82) is 0 Å². The number of nitrogens with zero attached hydrogens (tertiary/aromatic N) is 1. The predicted octanol–water partition coefficient (Wildman–Crippen LogP) is 3.22. The molecule has 1 aliphatic heterocycles. The van der Waals surface area contributed by atoms with Gasteiger partial charge in [0, 0.05) is 6.54 Å². The van der Waals surface area contributed by atoms with Crippen LogP contribution in [0.25, 0.3) is 6.08 Å². The molecule has 0 radical (unpaired) electrons. The van der Waals surface area contributed by atoms with Gasteiger partial charge in [-0.3, -0.25) is 9.69 Å². The van der Waals surface area contributed by atoms with Gasteiger partial charge < -0.3 is 0 Å². The number of thioether (sulfide) groups is 1. The van der Waals surface area contributed by atoms with E-state index in [-0.39, 0.29) is 5.91 Å². The van der Waals surface area contributed by atoms with Crippen LogP contribution >= 0.6 is 24.0 Å². The zero-order valence-corrected chi connectivity index (χ0v) is 11.4. The van der Waals surface area contributed by atoms with Crippen molar-refractivity contribution in [3.05, 3.63) is 40.3 Å². The van der Waals surface area contributed by atoms with Crippen molar-refractivity contribution < 1.29 is 4.79 Å². The summed E-state index contributed by atoms with van der Waals surface area (Å²) in [4.78, 5) is 14.3. The van der Waals surface area contributed by atoms with Gasteiger partial charge in [0.05, 0.1) is 4.91 Å². The predicted molar refractivity (Wildman–Crippen MR) is 76.7 cm³/mol. The second-order valence-electron chi connectivity index (χ2n) is 3.84. The van der Waals surface area contributed by atoms with Crippen LogP contribution in [0.1, 0.15) is 18.1 Å². The fourth-order valence-corrected chi connectivity index (χ4v) is 3.07. The highest BCUT2D eigenvalue weighted by Gasteiger charge is 2.30. The minimum atomic E-state index is 0.0176. The molecule has 4 heteroatoms. The molecule has 1 amide bonds. The zero-order chi connectivity index (χ0) is 12.4. The van der Waals surface area contributed by atoms with Crippen molar-refractivity contribution in [2.45, 2.75) is 13.8 Å². The number of likely N-dealkylation sites (N-methyl/N-ethyl adjacent to an activating group) is 1. The minimum absolute atomic E-state index is 0.0176. The maximum absolute atomic E-state index is 12.0. The summed E-state index contributed by atoms with van der Waals surface area (Å²) in [5.74, 6) is 0.0176. The third-order valence-electron chi connectivity index (χ3n) is 2.53. The second-order valence-corrected chi connectivity index (χ2v) is 5.52. The fourth-order valence-electron chi connectivity index (χ4n) is 1.68. The Balaban J connectivity index is 2.30. The summed E-state index contributed by atoms with van der Waals surface area (Å²) >= 11 is 6.54. The molecule has 0 saturated carbocycles. The summed E-state index contributed by atoms with van der Waals surface area (Å²) in [6, 6.07) is 8.07. The van der Waals surface area contributed by atoms with Crippen LogP contribution in [-0.4, -0.2) is 21.7 Å². The van der Waals surface area contributed by atoms with Crippen LogP contribution < -0.4 is 0 Å². The molecule has 0 spiro atoms. The van der Waals surface area contributed by atoms with Crippen LogP contribution in [0, 0.1) is 6.92 Å². The molecule has 17 heavy (non-hydrogen) atoms. The molecule has 0 unspecified atom stereocenters. The Kier molecular flexibility index (Phi) is 3.64. The van der Waals surface area contributed by atoms with E-state index in [4.69, 9.17) is 12.2 Å². The van der Waals surface area contributed by atoms with Crippen LogP contribution in [0.2, 0.25) is 0 Å². The normalized spacial score (nSPS) is 18.2. The highest BCUT2D eigenvalue weighted by Crippen LogP contribution is 2.32. The molecule has 1 aromatic rings. The molecular formula is C13H13NOS2. The lowest BCUT2D eigenvalue weighted by molar-refractivity contribution is -0.121. The molecule has 0 atom stereocenters. The van der Waals surface area contributed by atoms with Gasteiger partial charge in [-0.2, -0.15) is 0 Å². The van der Waals surface area contributed by atoms with E-state index in [1.54, 1.807) is 4.90 Å². The van der Waals surface area contributed by atoms with Crippen molar-refractivity contribution >= 4 is 40.3 Å². The average molecular weight is 263 g/mol. The van der Waals surface area contributed by atoms with Gasteiger partial charge in [-0.25, -0.2) is 0 Å². The van der Waals surface area contributed by atoms with E-state index in [1.165, 1.54) is 17.3 Å². The van der Waals surface area contributed by atoms with E-state index >= 15 is 0 Å². The molecule has 0 bridgehead atoms. The second kappa shape index (κ2) is 5.02. The summed E-state index contributed by atoms with van der Waals surface area (Å²) in [5.41, 5.74) is 2.23. The third kappa shape index (κ3) is 2.58. The van der Waals surface area contributed by atoms with Crippen LogP contribution in [0.15, 0.2) is 29.2 Å². The fraction of sp³-hybridized carbons (Fsp3) is 0.231. The Morgan fingerprint density at radius 3 is 2.82 bits per heavy atom. The quantitative estimate of drug-likeness (QED) is 0.603. The average Bonchev–Trinajstić information content (AvgIpc) is 2.54. The molecule has 1 aromatic carbocycles. The lowest BCUT2D eigenvalue weighted by Crippen LogP contribution is -2.27. The van der Waals surface area contributed by atoms with E-state index in [9.17, 15) is 4.79 Å². The van der Waals surface area contributed by atoms with Gasteiger partial charge in [0.25, 0.3) is 5.91 Å². The van der Waals surface area contributed by atoms with Crippen molar-refractivity contribution in [1.82, 2.24) is 4.90 Å². The summed E-state index contributed by atoms with van der Waals surface area (Å²) < 4.78 is 0.649. The third-order valence-corrected chi connectivity index (χ3v) is 3.91. The zero-order valence-electron chi connectivity index (χ0n) is 9.77. The highest BCUT2D eigenvalue weighted by molar-refractivity contribution is 8.26. The first-order valence-electron chi connectivity index (χ1n) is 5.44. The van der Waals surface area contributed by atoms with Crippen LogP contribution in [0.5, 0.6) is 0 Å². The number of benzene rings is 1. The number of hydrogen-bond acceptors (Lipinski definition) is 3. The molecule has 1 aliphatic rings. The standard InChI is InChI=1S/C13H13NOS2/c1-3-14-12(15)11(17-13(14)16)8-10-6-4-5-9(2)7-10/h4-8H,3H2,1-2H3. The van der Waals surface area contributed by atoms with Gasteiger partial charge >= 0.3 is 0 Å². The van der Waals surface area contributed by atoms with E-state index in [1.807, 2.05) is 38.1 Å². The molecule has 2 nitrogen and oxygen atoms in total. The van der Waals surface area contributed by atoms with E-state index in [0.717, 1.165) is 5.56 Å². The maximum atomic E-state index is 12.0. The van der Waals surface area contributed by atoms with Crippen molar-refractivity contribution in [2.75, 3.05) is 6.54 Å². The topological polar surface area (TPSA) is 20.3 Å². The first kappa shape index (κ1) is 12.3. The van der Waals surface area contributed by atoms with E-state index in [0.29, 0.717) is 15.8 Å². The van der Waals surface area contributed by atoms with Crippen LogP contribution in [0.4, 0.5) is 0 Å². The molecule has 88 valence electrons. The summed E-state index contributed by atoms with van der Waals surface area (Å²) in [7, 11) is 0. The minimum Gasteiger partial charge on any atom is -0.293 e. The summed E-state index contributed by atoms with van der Waals surface area (Å²) in [5, 5.41) is 0. The van der Waals surface area contributed by atoms with Crippen molar-refractivity contribution in [3.8, 4) is 0 Å². The molecule has 1 fully saturated rings. The van der Waals surface area contributed by atoms with Crippen LogP contribution in [-0.2, 0) is 4.79 Å². The molecule has 0 N–H and O–H groups in total. The Hall–Kier alpha value is -1.13. The number of rotatable bonds is 2. The molecule has 2 rings (SSSR count). The van der Waals surface area contributed by atoms with Gasteiger partial charge in [-0.05, 0) is 25.5 Å². The first-order chi connectivity index (χ1) is 8.11. The Labute approximate surface area is 111 Å². The lowest BCUT2D eigenvalue weighted by atomic mass is 10.1. The summed E-state index contributed by atoms with van der Waals surface area (Å²) in [6.45, 7) is 4.60. The van der Waals surface area contributed by atoms with Gasteiger partial charge in [-0.1, -0.05) is 53.8 Å². The smallest absolute Gasteiger partial charge is 0.266 e. The molecule has 0 aliphatic carbocycles. The van der Waals surface area contributed by atoms with Gasteiger partial charge in [0.2, 0.25) is 0 Å². The number of aryl methyl sites for hydroxylation is 1. The lowest BCUT2D eigenvalue weighted by Gasteiger charge is -2.09. The van der Waals surface area contributed by atoms with Crippen molar-refractivity contribution in [3.63, 3.8) is 0 Å². The number of hydrogen-bond donors (Lipinski definition) is 0. The Bertz CT molecular complexity index is 508. The molecular weight excluding hydrogens is 250 g/mol. The number of carbonyl (C=O) groups excluding carboxylic acids is 1. The van der Waals surface area contributed by atoms with Crippen molar-refractivity contribution in [2.24, 2.45) is 0 Å². The SMILES string of the molecule is CCN1C(=O)C(=Cc2cccc(C)c2)SC1=S. The number of thiocarbonyl (C=S) groups is 1. The van der Waals surface area contributed by atoms with E-state index in [2.05, 4.69) is 6.07 Å². The first-order valence-corrected chi connectivity index (χ1v) is 6.66. The largest absolute Gasteiger partial charge is 0.293 e. The van der Waals surface area contributed by atoms with Gasteiger partial charge in [0.15, 0.2) is 0 Å². The highest BCUT2D eigenvalue weighted by atomic mass is 32.2. The monoisotopic (exact) mass is 263 g/mol. The Morgan fingerprint density at radius 1 is 1.47 bits per heavy atom. The number of amides is 1. The van der Waals surface area contributed by atoms with Gasteiger partial charge in [-0.15, -0.1) is 0 Å². The molecule has 0 aromatic heterocycles. The summed E-state index contributed by atoms with van der Waals surface area (Å²) in [6.07, 6.45) is 1.90. The van der Waals surface area contributed by atoms with E-state index < -0.39 is 0 Å². The molecule has 1 heterocycles. The van der Waals surface area contributed by atoms with Crippen LogP contribution in [0.3, 0.4) is 0 Å². The molecule has 1 saturated heterocycles. The number of carbonyl (C=O) groups is 1. The Morgan fingerprint density at radius 2 is 2.24 bits per heavy atom. The van der Waals surface area contributed by atoms with Gasteiger partial charge in [0.1, 0.15) is 4.32 Å².